The first-order chi connectivity index (χ1) is 9.95. The van der Waals surface area contributed by atoms with E-state index in [0.29, 0.717) is 11.1 Å². The minimum Gasteiger partial charge on any atom is -0.235 e. The van der Waals surface area contributed by atoms with E-state index in [2.05, 4.69) is 4.98 Å². The molecule has 2 aromatic carbocycles. The summed E-state index contributed by atoms with van der Waals surface area (Å²) in [5.41, 5.74) is 1.28. The van der Waals surface area contributed by atoms with Crippen LogP contribution in [0.25, 0.3) is 22.0 Å². The summed E-state index contributed by atoms with van der Waals surface area (Å²) in [6, 6.07) is 14.2. The van der Waals surface area contributed by atoms with Gasteiger partial charge in [0.05, 0.1) is 11.1 Å². The summed E-state index contributed by atoms with van der Waals surface area (Å²) in [6.07, 6.45) is -4.34. The van der Waals surface area contributed by atoms with Gasteiger partial charge in [-0.15, -0.1) is 0 Å². The molecule has 106 valence electrons. The highest BCUT2D eigenvalue weighted by Gasteiger charge is 2.30. The number of benzene rings is 2. The summed E-state index contributed by atoms with van der Waals surface area (Å²) in [7, 11) is 0. The van der Waals surface area contributed by atoms with Crippen LogP contribution in [0, 0.1) is 0 Å². The van der Waals surface area contributed by atoms with Crippen LogP contribution in [0.2, 0.25) is 5.15 Å². The number of aromatic nitrogens is 1. The molecule has 0 N–H and O–H groups in total. The summed E-state index contributed by atoms with van der Waals surface area (Å²) in [6.45, 7) is 0. The van der Waals surface area contributed by atoms with E-state index >= 15 is 0 Å². The van der Waals surface area contributed by atoms with Gasteiger partial charge >= 0.3 is 6.18 Å². The largest absolute Gasteiger partial charge is 0.416 e. The van der Waals surface area contributed by atoms with Crippen molar-refractivity contribution in [3.63, 3.8) is 0 Å². The Kier molecular flexibility index (Phi) is 3.33. The van der Waals surface area contributed by atoms with Crippen LogP contribution >= 0.6 is 11.6 Å². The van der Waals surface area contributed by atoms with Crippen LogP contribution in [0.4, 0.5) is 13.2 Å². The molecule has 3 rings (SSSR count). The van der Waals surface area contributed by atoms with E-state index in [1.165, 1.54) is 12.1 Å². The Balaban J connectivity index is 2.09. The Morgan fingerprint density at radius 1 is 0.905 bits per heavy atom. The average Bonchev–Trinajstić information content (AvgIpc) is 2.46. The van der Waals surface area contributed by atoms with Gasteiger partial charge in [0, 0.05) is 10.9 Å². The summed E-state index contributed by atoms with van der Waals surface area (Å²) in [5, 5.41) is 1.16. The normalized spacial score (nSPS) is 11.8. The summed E-state index contributed by atoms with van der Waals surface area (Å²) in [5.74, 6) is 0. The number of hydrogen-bond donors (Lipinski definition) is 0. The lowest BCUT2D eigenvalue weighted by Gasteiger charge is -2.09. The van der Waals surface area contributed by atoms with Crippen LogP contribution in [-0.2, 0) is 6.18 Å². The van der Waals surface area contributed by atoms with Crippen LogP contribution in [0.1, 0.15) is 5.56 Å². The minimum absolute atomic E-state index is 0.272. The number of nitrogens with zero attached hydrogens (tertiary/aromatic N) is 1. The average molecular weight is 308 g/mol. The Morgan fingerprint density at radius 2 is 1.57 bits per heavy atom. The number of para-hydroxylation sites is 1. The van der Waals surface area contributed by atoms with Crippen molar-refractivity contribution in [3.8, 4) is 11.1 Å². The van der Waals surface area contributed by atoms with Crippen molar-refractivity contribution in [2.45, 2.75) is 6.18 Å². The summed E-state index contributed by atoms with van der Waals surface area (Å²) < 4.78 is 37.7. The second kappa shape index (κ2) is 5.04. The molecule has 1 heterocycles. The lowest BCUT2D eigenvalue weighted by molar-refractivity contribution is -0.137. The quantitative estimate of drug-likeness (QED) is 0.535. The molecule has 0 aliphatic rings. The predicted molar refractivity (Wildman–Crippen MR) is 77.2 cm³/mol. The fraction of sp³-hybridized carbons (Fsp3) is 0.0625. The highest BCUT2D eigenvalue weighted by Crippen LogP contribution is 2.33. The molecule has 0 radical (unpaired) electrons. The standard InChI is InChI=1S/C16H9ClF3N/c17-15-13(9-11-3-1-2-4-14(11)21-15)10-5-7-12(8-6-10)16(18,19)20/h1-9H. The van der Waals surface area contributed by atoms with Gasteiger partial charge in [0.15, 0.2) is 0 Å². The number of halogens is 4. The summed E-state index contributed by atoms with van der Waals surface area (Å²) in [4.78, 5) is 4.27. The van der Waals surface area contributed by atoms with Crippen molar-refractivity contribution >= 4 is 22.5 Å². The van der Waals surface area contributed by atoms with Crippen LogP contribution in [0.5, 0.6) is 0 Å². The number of alkyl halides is 3. The molecule has 0 amide bonds. The molecule has 0 saturated heterocycles. The van der Waals surface area contributed by atoms with Crippen LogP contribution in [-0.4, -0.2) is 4.98 Å². The van der Waals surface area contributed by atoms with Gasteiger partial charge in [0.2, 0.25) is 0 Å². The van der Waals surface area contributed by atoms with Crippen molar-refractivity contribution in [1.82, 2.24) is 4.98 Å². The molecule has 0 spiro atoms. The molecule has 3 aromatic rings. The highest BCUT2D eigenvalue weighted by atomic mass is 35.5. The zero-order valence-corrected chi connectivity index (χ0v) is 11.4. The number of pyridine rings is 1. The van der Waals surface area contributed by atoms with E-state index in [0.717, 1.165) is 23.0 Å². The lowest BCUT2D eigenvalue weighted by atomic mass is 10.0. The molecular weight excluding hydrogens is 299 g/mol. The summed E-state index contributed by atoms with van der Waals surface area (Å²) >= 11 is 6.13. The first kappa shape index (κ1) is 13.9. The molecule has 0 fully saturated rings. The molecule has 1 nitrogen and oxygen atoms in total. The van der Waals surface area contributed by atoms with E-state index in [4.69, 9.17) is 11.6 Å². The molecule has 21 heavy (non-hydrogen) atoms. The van der Waals surface area contributed by atoms with Gasteiger partial charge in [0.1, 0.15) is 5.15 Å². The monoisotopic (exact) mass is 307 g/mol. The van der Waals surface area contributed by atoms with E-state index in [1.54, 1.807) is 0 Å². The van der Waals surface area contributed by atoms with Gasteiger partial charge in [-0.2, -0.15) is 13.2 Å². The molecule has 0 aliphatic heterocycles. The maximum absolute atomic E-state index is 12.6. The Labute approximate surface area is 124 Å². The second-order valence-electron chi connectivity index (χ2n) is 4.59. The molecular formula is C16H9ClF3N. The van der Waals surface area contributed by atoms with Crippen LogP contribution in [0.3, 0.4) is 0 Å². The minimum atomic E-state index is -4.34. The Bertz CT molecular complexity index is 795. The predicted octanol–water partition coefficient (Wildman–Crippen LogP) is 5.57. The van der Waals surface area contributed by atoms with Gasteiger partial charge in [-0.1, -0.05) is 41.9 Å². The van der Waals surface area contributed by atoms with Crippen molar-refractivity contribution < 1.29 is 13.2 Å². The number of hydrogen-bond acceptors (Lipinski definition) is 1. The van der Waals surface area contributed by atoms with E-state index in [1.807, 2.05) is 30.3 Å². The van der Waals surface area contributed by atoms with Gasteiger partial charge < -0.3 is 0 Å². The van der Waals surface area contributed by atoms with E-state index in [9.17, 15) is 13.2 Å². The van der Waals surface area contributed by atoms with Crippen molar-refractivity contribution in [3.05, 3.63) is 65.3 Å². The van der Waals surface area contributed by atoms with Gasteiger partial charge in [0.25, 0.3) is 0 Å². The smallest absolute Gasteiger partial charge is 0.235 e. The van der Waals surface area contributed by atoms with Crippen LogP contribution in [0.15, 0.2) is 54.6 Å². The topological polar surface area (TPSA) is 12.9 Å². The van der Waals surface area contributed by atoms with Crippen molar-refractivity contribution in [1.29, 1.82) is 0 Å². The third-order valence-electron chi connectivity index (χ3n) is 3.20. The molecule has 5 heteroatoms. The first-order valence-corrected chi connectivity index (χ1v) is 6.56. The fourth-order valence-corrected chi connectivity index (χ4v) is 2.39. The van der Waals surface area contributed by atoms with E-state index in [-0.39, 0.29) is 5.15 Å². The number of fused-ring (bicyclic) bond motifs is 1. The van der Waals surface area contributed by atoms with Crippen molar-refractivity contribution in [2.75, 3.05) is 0 Å². The first-order valence-electron chi connectivity index (χ1n) is 6.18. The van der Waals surface area contributed by atoms with Crippen molar-refractivity contribution in [2.24, 2.45) is 0 Å². The molecule has 0 atom stereocenters. The van der Waals surface area contributed by atoms with E-state index < -0.39 is 11.7 Å². The van der Waals surface area contributed by atoms with Crippen LogP contribution < -0.4 is 0 Å². The second-order valence-corrected chi connectivity index (χ2v) is 4.95. The lowest BCUT2D eigenvalue weighted by Crippen LogP contribution is -2.04. The molecule has 0 saturated carbocycles. The SMILES string of the molecule is FC(F)(F)c1ccc(-c2cc3ccccc3nc2Cl)cc1. The van der Waals surface area contributed by atoms with Gasteiger partial charge in [-0.25, -0.2) is 4.98 Å². The zero-order chi connectivity index (χ0) is 15.0. The van der Waals surface area contributed by atoms with Gasteiger partial charge in [-0.05, 0) is 29.8 Å². The maximum atomic E-state index is 12.6. The zero-order valence-electron chi connectivity index (χ0n) is 10.7. The Hall–Kier alpha value is -2.07. The Morgan fingerprint density at radius 3 is 2.24 bits per heavy atom. The third kappa shape index (κ3) is 2.72. The molecule has 0 bridgehead atoms. The maximum Gasteiger partial charge on any atom is 0.416 e. The molecule has 0 unspecified atom stereocenters. The molecule has 0 aliphatic carbocycles. The highest BCUT2D eigenvalue weighted by molar-refractivity contribution is 6.32. The third-order valence-corrected chi connectivity index (χ3v) is 3.49. The van der Waals surface area contributed by atoms with Gasteiger partial charge in [-0.3, -0.25) is 0 Å². The molecule has 1 aromatic heterocycles. The number of rotatable bonds is 1. The fourth-order valence-electron chi connectivity index (χ4n) is 2.13.